The maximum Gasteiger partial charge on any atom is 0.338 e. The molecule has 1 aromatic rings. The molecule has 7 nitrogen and oxygen atoms in total. The topological polar surface area (TPSA) is 97.9 Å². The zero-order valence-electron chi connectivity index (χ0n) is 13.2. The second-order valence-corrected chi connectivity index (χ2v) is 5.88. The third-order valence-electron chi connectivity index (χ3n) is 3.77. The van der Waals surface area contributed by atoms with E-state index in [2.05, 4.69) is 0 Å². The van der Waals surface area contributed by atoms with E-state index in [1.54, 1.807) is 0 Å². The van der Waals surface area contributed by atoms with E-state index in [4.69, 9.17) is 18.9 Å². The highest BCUT2D eigenvalue weighted by Crippen LogP contribution is 2.19. The molecule has 3 rings (SSSR count). The van der Waals surface area contributed by atoms with Gasteiger partial charge >= 0.3 is 11.9 Å². The van der Waals surface area contributed by atoms with Crippen molar-refractivity contribution < 1.29 is 33.6 Å². The number of epoxide rings is 2. The summed E-state index contributed by atoms with van der Waals surface area (Å²) < 4.78 is 20.4. The molecule has 24 heavy (non-hydrogen) atoms. The van der Waals surface area contributed by atoms with Crippen LogP contribution in [0, 0.1) is 0 Å². The van der Waals surface area contributed by atoms with Crippen molar-refractivity contribution in [2.24, 2.45) is 0 Å². The van der Waals surface area contributed by atoms with Gasteiger partial charge in [0.2, 0.25) is 0 Å². The molecule has 0 aliphatic carbocycles. The number of hydrogen-bond acceptors (Lipinski definition) is 7. The Morgan fingerprint density at radius 2 is 1.50 bits per heavy atom. The Bertz CT molecular complexity index is 605. The number of ether oxygens (including phenoxy) is 4. The normalized spacial score (nSPS) is 21.2. The van der Waals surface area contributed by atoms with Crippen molar-refractivity contribution in [2.75, 3.05) is 26.4 Å². The van der Waals surface area contributed by atoms with Gasteiger partial charge in [-0.3, -0.25) is 0 Å². The van der Waals surface area contributed by atoms with E-state index < -0.39 is 11.9 Å². The Morgan fingerprint density at radius 1 is 0.958 bits per heavy atom. The van der Waals surface area contributed by atoms with Gasteiger partial charge in [-0.05, 0) is 31.0 Å². The van der Waals surface area contributed by atoms with E-state index in [0.29, 0.717) is 25.6 Å². The van der Waals surface area contributed by atoms with E-state index in [0.717, 1.165) is 13.0 Å². The summed E-state index contributed by atoms with van der Waals surface area (Å²) in [6, 6.07) is 3.89. The van der Waals surface area contributed by atoms with E-state index in [1.807, 2.05) is 0 Å². The fourth-order valence-electron chi connectivity index (χ4n) is 2.24. The quantitative estimate of drug-likeness (QED) is 0.416. The van der Waals surface area contributed by atoms with Gasteiger partial charge in [0, 0.05) is 6.42 Å². The second-order valence-electron chi connectivity index (χ2n) is 5.88. The minimum absolute atomic E-state index is 0.116. The molecule has 0 spiro atoms. The monoisotopic (exact) mass is 336 g/mol. The predicted octanol–water partition coefficient (Wildman–Crippen LogP) is 1.67. The number of benzene rings is 1. The van der Waals surface area contributed by atoms with Crippen molar-refractivity contribution in [3.8, 4) is 5.75 Å². The lowest BCUT2D eigenvalue weighted by molar-refractivity contribution is 0.0491. The van der Waals surface area contributed by atoms with E-state index >= 15 is 0 Å². The minimum atomic E-state index is -0.591. The Balaban J connectivity index is 1.50. The molecule has 2 heterocycles. The summed E-state index contributed by atoms with van der Waals surface area (Å²) in [5, 5.41) is 9.72. The molecule has 7 heteroatoms. The molecule has 0 aromatic heterocycles. The number of phenols is 1. The smallest absolute Gasteiger partial charge is 0.338 e. The van der Waals surface area contributed by atoms with Crippen LogP contribution in [0.1, 0.15) is 40.0 Å². The highest BCUT2D eigenvalue weighted by molar-refractivity contribution is 5.96. The average molecular weight is 336 g/mol. The van der Waals surface area contributed by atoms with Crippen molar-refractivity contribution in [3.05, 3.63) is 29.3 Å². The first kappa shape index (κ1) is 16.7. The van der Waals surface area contributed by atoms with Crippen LogP contribution in [-0.2, 0) is 18.9 Å². The van der Waals surface area contributed by atoms with Crippen LogP contribution in [0.2, 0.25) is 0 Å². The fourth-order valence-corrected chi connectivity index (χ4v) is 2.24. The maximum atomic E-state index is 12.0. The van der Waals surface area contributed by atoms with Crippen LogP contribution < -0.4 is 0 Å². The zero-order chi connectivity index (χ0) is 16.9. The molecule has 0 saturated carbocycles. The maximum absolute atomic E-state index is 12.0. The first-order chi connectivity index (χ1) is 11.6. The zero-order valence-corrected chi connectivity index (χ0v) is 13.2. The van der Waals surface area contributed by atoms with Crippen LogP contribution in [0.3, 0.4) is 0 Å². The first-order valence-corrected chi connectivity index (χ1v) is 8.03. The number of carbonyl (C=O) groups is 2. The number of aromatic hydroxyl groups is 1. The van der Waals surface area contributed by atoms with Crippen LogP contribution in [0.25, 0.3) is 0 Å². The van der Waals surface area contributed by atoms with E-state index in [-0.39, 0.29) is 36.2 Å². The van der Waals surface area contributed by atoms with Crippen LogP contribution in [0.4, 0.5) is 0 Å². The SMILES string of the molecule is O=C(OCCCC1CO1)c1cc(O)cc(C(=O)OCCC2CO2)c1. The predicted molar refractivity (Wildman–Crippen MR) is 82.0 cm³/mol. The van der Waals surface area contributed by atoms with Gasteiger partial charge in [0.05, 0.1) is 49.8 Å². The van der Waals surface area contributed by atoms with Gasteiger partial charge in [-0.1, -0.05) is 0 Å². The van der Waals surface area contributed by atoms with E-state index in [1.165, 1.54) is 18.2 Å². The van der Waals surface area contributed by atoms with E-state index in [9.17, 15) is 14.7 Å². The lowest BCUT2D eigenvalue weighted by Crippen LogP contribution is -2.11. The van der Waals surface area contributed by atoms with Crippen molar-refractivity contribution in [1.82, 2.24) is 0 Å². The molecule has 1 aromatic carbocycles. The van der Waals surface area contributed by atoms with Gasteiger partial charge in [0.1, 0.15) is 5.75 Å². The Hall–Kier alpha value is -2.12. The summed E-state index contributed by atoms with van der Waals surface area (Å²) in [4.78, 5) is 24.0. The molecule has 2 saturated heterocycles. The molecule has 2 aliphatic heterocycles. The minimum Gasteiger partial charge on any atom is -0.508 e. The lowest BCUT2D eigenvalue weighted by atomic mass is 10.1. The van der Waals surface area contributed by atoms with Crippen LogP contribution in [0.5, 0.6) is 5.75 Å². The molecule has 1 N–H and O–H groups in total. The highest BCUT2D eigenvalue weighted by Gasteiger charge is 2.23. The Morgan fingerprint density at radius 3 is 2.08 bits per heavy atom. The number of hydrogen-bond donors (Lipinski definition) is 1. The number of phenolic OH excluding ortho intramolecular Hbond substituents is 1. The molecule has 0 bridgehead atoms. The van der Waals surface area contributed by atoms with Crippen molar-refractivity contribution in [2.45, 2.75) is 31.5 Å². The van der Waals surface area contributed by atoms with Gasteiger partial charge in [-0.2, -0.15) is 0 Å². The molecule has 0 amide bonds. The molecule has 0 radical (unpaired) electrons. The highest BCUT2D eigenvalue weighted by atomic mass is 16.6. The Labute approximate surface area is 139 Å². The fraction of sp³-hybridized carbons (Fsp3) is 0.529. The molecule has 2 unspecified atom stereocenters. The summed E-state index contributed by atoms with van der Waals surface area (Å²) in [6.45, 7) is 1.99. The van der Waals surface area contributed by atoms with Crippen molar-refractivity contribution >= 4 is 11.9 Å². The van der Waals surface area contributed by atoms with Crippen molar-refractivity contribution in [3.63, 3.8) is 0 Å². The summed E-state index contributed by atoms with van der Waals surface area (Å²) >= 11 is 0. The molecular weight excluding hydrogens is 316 g/mol. The Kier molecular flexibility index (Phi) is 5.32. The number of rotatable bonds is 9. The number of esters is 2. The summed E-state index contributed by atoms with van der Waals surface area (Å²) in [5.74, 6) is -1.36. The molecule has 130 valence electrons. The summed E-state index contributed by atoms with van der Waals surface area (Å²) in [7, 11) is 0. The molecule has 2 atom stereocenters. The molecule has 2 fully saturated rings. The molecular formula is C17H20O7. The number of carbonyl (C=O) groups excluding carboxylic acids is 2. The third-order valence-corrected chi connectivity index (χ3v) is 3.77. The average Bonchev–Trinajstić information content (AvgIpc) is 3.45. The van der Waals surface area contributed by atoms with Crippen LogP contribution >= 0.6 is 0 Å². The summed E-state index contributed by atoms with van der Waals surface area (Å²) in [6.07, 6.45) is 2.69. The van der Waals surface area contributed by atoms with Gasteiger partial charge in [0.15, 0.2) is 0 Å². The van der Waals surface area contributed by atoms with Crippen LogP contribution in [0.15, 0.2) is 18.2 Å². The molecule has 2 aliphatic rings. The second kappa shape index (κ2) is 7.63. The van der Waals surface area contributed by atoms with Gasteiger partial charge < -0.3 is 24.1 Å². The van der Waals surface area contributed by atoms with Gasteiger partial charge in [-0.15, -0.1) is 0 Å². The standard InChI is InChI=1S/C17H20O7/c18-13-7-11(16(19)21-4-1-2-14-9-23-14)6-12(8-13)17(20)22-5-3-15-10-24-15/h6-8,14-15,18H,1-5,9-10H2. The summed E-state index contributed by atoms with van der Waals surface area (Å²) in [5.41, 5.74) is 0.236. The van der Waals surface area contributed by atoms with Gasteiger partial charge in [0.25, 0.3) is 0 Å². The first-order valence-electron chi connectivity index (χ1n) is 8.03. The lowest BCUT2D eigenvalue weighted by Gasteiger charge is -2.08. The van der Waals surface area contributed by atoms with Crippen molar-refractivity contribution in [1.29, 1.82) is 0 Å². The van der Waals surface area contributed by atoms with Gasteiger partial charge in [-0.25, -0.2) is 9.59 Å². The third kappa shape index (κ3) is 5.21. The largest absolute Gasteiger partial charge is 0.508 e. The van der Waals surface area contributed by atoms with Crippen LogP contribution in [-0.4, -0.2) is 55.7 Å².